The molecule has 81 heavy (non-hydrogen) atoms. The van der Waals surface area contributed by atoms with Crippen LogP contribution in [0.4, 0.5) is 0 Å². The summed E-state index contributed by atoms with van der Waals surface area (Å²) in [5.74, 6) is -3.97. The molecule has 0 aliphatic carbocycles. The van der Waals surface area contributed by atoms with Crippen LogP contribution >= 0.6 is 0 Å². The molecule has 0 aliphatic heterocycles. The van der Waals surface area contributed by atoms with E-state index in [1.54, 1.807) is 243 Å². The quantitative estimate of drug-likeness (QED) is 0.0230. The Kier molecular flexibility index (Phi) is 19.0. The molecule has 392 valence electrons. The van der Waals surface area contributed by atoms with Crippen molar-refractivity contribution in [2.24, 2.45) is 5.41 Å². The van der Waals surface area contributed by atoms with E-state index in [2.05, 4.69) is 24.3 Å². The minimum Gasteiger partial charge on any atom is -0.461 e. The highest BCUT2D eigenvalue weighted by Crippen LogP contribution is 2.34. The predicted molar refractivity (Wildman–Crippen MR) is 308 cm³/mol. The van der Waals surface area contributed by atoms with Gasteiger partial charge in [0.05, 0.1) is 56.7 Å². The number of allylic oxidation sites excluding steroid dienone is 2. The molecule has 0 spiro atoms. The maximum atomic E-state index is 15.0. The largest absolute Gasteiger partial charge is 0.461 e. The first-order valence-corrected chi connectivity index (χ1v) is 25.4. The van der Waals surface area contributed by atoms with Gasteiger partial charge < -0.3 is 18.9 Å². The molecule has 12 heteroatoms. The molecule has 0 heterocycles. The lowest BCUT2D eigenvalue weighted by molar-refractivity contribution is -0.162. The van der Waals surface area contributed by atoms with Gasteiger partial charge in [-0.2, -0.15) is 21.0 Å². The molecule has 0 saturated carbocycles. The first-order valence-electron chi connectivity index (χ1n) is 25.4. The lowest BCUT2D eigenvalue weighted by atomic mass is 9.91. The normalized spacial score (nSPS) is 11.9. The number of hydrogen-bond donors (Lipinski definition) is 0. The first kappa shape index (κ1) is 55.8. The minimum absolute atomic E-state index is 0.0389. The molecule has 0 aliphatic rings. The summed E-state index contributed by atoms with van der Waals surface area (Å²) in [6.45, 7) is -3.21. The summed E-state index contributed by atoms with van der Waals surface area (Å²) in [6.07, 6.45) is 3.09. The Labute approximate surface area is 468 Å². The third-order valence-electron chi connectivity index (χ3n) is 12.8. The number of carbonyl (C=O) groups is 4. The third kappa shape index (κ3) is 14.1. The fourth-order valence-electron chi connectivity index (χ4n) is 8.66. The zero-order chi connectivity index (χ0) is 56.8. The molecule has 0 aromatic heterocycles. The summed E-state index contributed by atoms with van der Waals surface area (Å²) >= 11 is 0. The number of hydrogen-bond acceptors (Lipinski definition) is 12. The summed E-state index contributed by atoms with van der Waals surface area (Å²) in [5, 5.41) is 42.0. The zero-order valence-corrected chi connectivity index (χ0v) is 43.5. The van der Waals surface area contributed by atoms with Gasteiger partial charge in [0.25, 0.3) is 0 Å². The molecule has 0 bridgehead atoms. The lowest BCUT2D eigenvalue weighted by Gasteiger charge is -2.32. The number of nitriles is 4. The van der Waals surface area contributed by atoms with Crippen molar-refractivity contribution in [2.45, 2.75) is 0 Å². The van der Waals surface area contributed by atoms with Gasteiger partial charge in [-0.05, 0) is 57.7 Å². The summed E-state index contributed by atoms with van der Waals surface area (Å²) < 4.78 is 25.0. The van der Waals surface area contributed by atoms with E-state index in [1.165, 1.54) is 0 Å². The van der Waals surface area contributed by atoms with E-state index in [-0.39, 0.29) is 55.7 Å². The zero-order valence-electron chi connectivity index (χ0n) is 43.5. The van der Waals surface area contributed by atoms with Gasteiger partial charge in [-0.15, -0.1) is 0 Å². The van der Waals surface area contributed by atoms with Crippen LogP contribution in [-0.2, 0) is 38.1 Å². The molecular formula is C69H48N4O8. The van der Waals surface area contributed by atoms with Crippen LogP contribution in [0.15, 0.2) is 231 Å². The highest BCUT2D eigenvalue weighted by Gasteiger charge is 2.40. The van der Waals surface area contributed by atoms with Gasteiger partial charge in [0.1, 0.15) is 44.0 Å². The molecule has 0 unspecified atom stereocenters. The Morgan fingerprint density at radius 2 is 0.617 bits per heavy atom. The second-order valence-corrected chi connectivity index (χ2v) is 18.2. The standard InChI is InChI=1S/C69H48N4O8/c70-41-55-35-19-21-37-57(55)59(39-49-23-7-1-8-24-49)65(74)78-45-69(46-79-66(75)60(40-50-25-9-2-10-26-50)58-38-22-20-36-56(58)42-71,47-80-67(76)63(53-31-15-5-16-32-53)61(43-72)51-27-11-3-12-28-51)48-81-68(77)64(54-33-17-6-18-34-54)62(44-73)52-29-13-4-14-30-52/h1-40H,45-48H2/b59-39-,60-40-,63-61+,64-62+. The topological polar surface area (TPSA) is 200 Å². The van der Waals surface area contributed by atoms with E-state index < -0.39 is 55.7 Å². The smallest absolute Gasteiger partial charge is 0.340 e. The molecule has 0 N–H and O–H groups in total. The van der Waals surface area contributed by atoms with E-state index in [4.69, 9.17) is 18.9 Å². The van der Waals surface area contributed by atoms with Gasteiger partial charge in [-0.25, -0.2) is 19.2 Å². The molecule has 0 saturated heterocycles. The van der Waals surface area contributed by atoms with E-state index in [1.807, 2.05) is 0 Å². The van der Waals surface area contributed by atoms with Crippen molar-refractivity contribution >= 4 is 69.5 Å². The average molecular weight is 1060 g/mol. The van der Waals surface area contributed by atoms with Crippen LogP contribution in [0.5, 0.6) is 0 Å². The fraction of sp³-hybridized carbons (Fsp3) is 0.0725. The maximum absolute atomic E-state index is 15.0. The Morgan fingerprint density at radius 3 is 0.926 bits per heavy atom. The molecule has 8 rings (SSSR count). The fourth-order valence-corrected chi connectivity index (χ4v) is 8.66. The predicted octanol–water partition coefficient (Wildman–Crippen LogP) is 12.6. The molecule has 0 radical (unpaired) electrons. The molecule has 8 aromatic rings. The number of rotatable bonds is 20. The average Bonchev–Trinajstić information content (AvgIpc) is 3.53. The molecule has 12 nitrogen and oxygen atoms in total. The van der Waals surface area contributed by atoms with E-state index in [9.17, 15) is 30.6 Å². The molecule has 0 amide bonds. The second-order valence-electron chi connectivity index (χ2n) is 18.2. The van der Waals surface area contributed by atoms with Crippen molar-refractivity contribution in [3.05, 3.63) is 286 Å². The van der Waals surface area contributed by atoms with Crippen LogP contribution in [0.3, 0.4) is 0 Å². The van der Waals surface area contributed by atoms with Crippen molar-refractivity contribution < 1.29 is 38.1 Å². The minimum atomic E-state index is -2.03. The number of ether oxygens (including phenoxy) is 4. The van der Waals surface area contributed by atoms with Crippen molar-refractivity contribution in [1.29, 1.82) is 21.0 Å². The molecule has 0 fully saturated rings. The van der Waals surface area contributed by atoms with Gasteiger partial charge in [-0.1, -0.05) is 218 Å². The van der Waals surface area contributed by atoms with Crippen molar-refractivity contribution in [3.63, 3.8) is 0 Å². The number of esters is 4. The van der Waals surface area contributed by atoms with Crippen LogP contribution in [0, 0.1) is 50.7 Å². The van der Waals surface area contributed by atoms with E-state index >= 15 is 9.59 Å². The lowest BCUT2D eigenvalue weighted by Crippen LogP contribution is -2.44. The van der Waals surface area contributed by atoms with Crippen LogP contribution in [-0.4, -0.2) is 50.3 Å². The van der Waals surface area contributed by atoms with Gasteiger partial charge in [-0.3, -0.25) is 0 Å². The van der Waals surface area contributed by atoms with Gasteiger partial charge >= 0.3 is 23.9 Å². The van der Waals surface area contributed by atoms with Crippen molar-refractivity contribution in [2.75, 3.05) is 26.4 Å². The Morgan fingerprint density at radius 1 is 0.346 bits per heavy atom. The summed E-state index contributed by atoms with van der Waals surface area (Å²) in [5.41, 5.74) is 0.853. The number of carbonyl (C=O) groups excluding carboxylic acids is 4. The van der Waals surface area contributed by atoms with E-state index in [0.717, 1.165) is 0 Å². The highest BCUT2D eigenvalue weighted by molar-refractivity contribution is 6.28. The Balaban J connectivity index is 1.29. The van der Waals surface area contributed by atoms with Crippen LogP contribution in [0.25, 0.3) is 45.6 Å². The number of nitrogens with zero attached hydrogens (tertiary/aromatic N) is 4. The first-order chi connectivity index (χ1) is 39.6. The van der Waals surface area contributed by atoms with Gasteiger partial charge in [0.15, 0.2) is 0 Å². The molecule has 8 aromatic carbocycles. The molecule has 0 atom stereocenters. The number of benzene rings is 8. The van der Waals surface area contributed by atoms with Crippen LogP contribution in [0.1, 0.15) is 55.6 Å². The summed E-state index contributed by atoms with van der Waals surface area (Å²) in [6, 6.07) is 72.9. The van der Waals surface area contributed by atoms with Crippen molar-refractivity contribution in [1.82, 2.24) is 0 Å². The Bertz CT molecular complexity index is 3610. The Hall–Kier alpha value is -11.4. The molecular weight excluding hydrogens is 1010 g/mol. The van der Waals surface area contributed by atoms with Crippen LogP contribution in [0.2, 0.25) is 0 Å². The maximum Gasteiger partial charge on any atom is 0.340 e. The van der Waals surface area contributed by atoms with Crippen molar-refractivity contribution in [3.8, 4) is 24.3 Å². The SMILES string of the molecule is N#C/C(=C(\C(=O)OCC(COC(=O)/C(=C\c1ccccc1)c1ccccc1C#N)(COC(=O)/C(=C\c1ccccc1)c1ccccc1C#N)COC(=O)/C(=C(\C#N)c1ccccc1)c1ccccc1)c1ccccc1)c1ccccc1. The van der Waals surface area contributed by atoms with Gasteiger partial charge in [0, 0.05) is 11.1 Å². The van der Waals surface area contributed by atoms with E-state index in [0.29, 0.717) is 33.4 Å². The monoisotopic (exact) mass is 1060 g/mol. The highest BCUT2D eigenvalue weighted by atomic mass is 16.6. The summed E-state index contributed by atoms with van der Waals surface area (Å²) in [4.78, 5) is 59.9. The van der Waals surface area contributed by atoms with Crippen LogP contribution < -0.4 is 0 Å². The third-order valence-corrected chi connectivity index (χ3v) is 12.8. The second kappa shape index (κ2) is 27.6. The summed E-state index contributed by atoms with van der Waals surface area (Å²) in [7, 11) is 0. The van der Waals surface area contributed by atoms with Gasteiger partial charge in [0.2, 0.25) is 0 Å².